The summed E-state index contributed by atoms with van der Waals surface area (Å²) in [5, 5.41) is 5.70. The number of alkyl halides is 3. The lowest BCUT2D eigenvalue weighted by Gasteiger charge is -2.37. The largest absolute Gasteiger partial charge is 0.456 e. The summed E-state index contributed by atoms with van der Waals surface area (Å²) in [5.74, 6) is -2.70. The van der Waals surface area contributed by atoms with E-state index in [9.17, 15) is 22.8 Å². The third-order valence-electron chi connectivity index (χ3n) is 6.03. The number of carbonyl (C=O) groups excluding carboxylic acids is 2. The van der Waals surface area contributed by atoms with Crippen molar-refractivity contribution < 1.29 is 27.5 Å². The minimum absolute atomic E-state index is 0.324. The van der Waals surface area contributed by atoms with Gasteiger partial charge in [0.2, 0.25) is 11.8 Å². The molecule has 0 aromatic heterocycles. The molecule has 3 atom stereocenters. The van der Waals surface area contributed by atoms with E-state index in [4.69, 9.17) is 27.9 Å². The van der Waals surface area contributed by atoms with E-state index in [1.54, 1.807) is 36.4 Å². The fraction of sp³-hybridized carbons (Fsp3) is 0.391. The number of benzene rings is 2. The highest BCUT2D eigenvalue weighted by Crippen LogP contribution is 2.45. The van der Waals surface area contributed by atoms with Crippen molar-refractivity contribution >= 4 is 35.0 Å². The molecule has 176 valence electrons. The van der Waals surface area contributed by atoms with Crippen molar-refractivity contribution in [3.63, 3.8) is 0 Å². The molecule has 0 radical (unpaired) electrons. The summed E-state index contributed by atoms with van der Waals surface area (Å²) in [6, 6.07) is 7.23. The first-order valence-electron chi connectivity index (χ1n) is 10.5. The van der Waals surface area contributed by atoms with E-state index < -0.39 is 41.9 Å². The molecule has 0 spiro atoms. The molecular formula is C23H21Cl2F3N2O3. The summed E-state index contributed by atoms with van der Waals surface area (Å²) in [6.07, 6.45) is -4.04. The molecule has 0 saturated carbocycles. The van der Waals surface area contributed by atoms with Gasteiger partial charge in [0.15, 0.2) is 0 Å². The van der Waals surface area contributed by atoms with Gasteiger partial charge in [0.25, 0.3) is 0 Å². The zero-order valence-electron chi connectivity index (χ0n) is 17.5. The normalized spacial score (nSPS) is 22.6. The Morgan fingerprint density at radius 1 is 1.12 bits per heavy atom. The van der Waals surface area contributed by atoms with Crippen molar-refractivity contribution in [3.8, 4) is 11.5 Å². The molecule has 4 rings (SSSR count). The maximum absolute atomic E-state index is 13.3. The maximum Gasteiger partial charge on any atom is 0.408 e. The second kappa shape index (κ2) is 9.06. The topological polar surface area (TPSA) is 67.4 Å². The molecule has 2 N–H and O–H groups in total. The zero-order chi connectivity index (χ0) is 23.9. The van der Waals surface area contributed by atoms with Crippen LogP contribution in [0.25, 0.3) is 0 Å². The van der Waals surface area contributed by atoms with Crippen LogP contribution in [0.4, 0.5) is 13.2 Å². The number of fused-ring (bicyclic) bond motifs is 2. The highest BCUT2D eigenvalue weighted by Gasteiger charge is 2.50. The van der Waals surface area contributed by atoms with Crippen LogP contribution in [0.2, 0.25) is 10.0 Å². The highest BCUT2D eigenvalue weighted by atomic mass is 35.5. The Labute approximate surface area is 198 Å². The van der Waals surface area contributed by atoms with Gasteiger partial charge in [-0.05, 0) is 43.0 Å². The molecule has 3 unspecified atom stereocenters. The summed E-state index contributed by atoms with van der Waals surface area (Å²) >= 11 is 12.2. The Morgan fingerprint density at radius 2 is 1.70 bits per heavy atom. The lowest BCUT2D eigenvalue weighted by atomic mass is 9.78. The molecule has 0 aliphatic carbocycles. The van der Waals surface area contributed by atoms with Gasteiger partial charge in [0.05, 0.1) is 6.04 Å². The van der Waals surface area contributed by atoms with Crippen LogP contribution in [0.15, 0.2) is 36.4 Å². The Hall–Kier alpha value is -2.45. The van der Waals surface area contributed by atoms with Gasteiger partial charge in [0, 0.05) is 21.2 Å². The maximum atomic E-state index is 13.3. The number of hydrogen-bond donors (Lipinski definition) is 2. The van der Waals surface area contributed by atoms with Gasteiger partial charge in [-0.1, -0.05) is 48.7 Å². The molecule has 10 heteroatoms. The van der Waals surface area contributed by atoms with Crippen LogP contribution < -0.4 is 15.4 Å². The van der Waals surface area contributed by atoms with E-state index in [-0.39, 0.29) is 6.42 Å². The van der Waals surface area contributed by atoms with Gasteiger partial charge in [-0.25, -0.2) is 0 Å². The summed E-state index contributed by atoms with van der Waals surface area (Å²) in [6.45, 7) is 1.81. The van der Waals surface area contributed by atoms with Crippen LogP contribution in [-0.2, 0) is 9.59 Å². The first kappa shape index (κ1) is 23.7. The van der Waals surface area contributed by atoms with Gasteiger partial charge in [-0.2, -0.15) is 13.2 Å². The number of ether oxygens (including phenoxy) is 1. The molecule has 2 aromatic rings. The molecule has 1 fully saturated rings. The first-order chi connectivity index (χ1) is 15.6. The number of nitrogens with one attached hydrogen (secondary N) is 2. The molecular weight excluding hydrogens is 480 g/mol. The number of hydrogen-bond acceptors (Lipinski definition) is 3. The van der Waals surface area contributed by atoms with Gasteiger partial charge >= 0.3 is 6.18 Å². The van der Waals surface area contributed by atoms with Crippen molar-refractivity contribution in [1.82, 2.24) is 10.6 Å². The third kappa shape index (κ3) is 4.77. The SMILES string of the molecule is CCCC1CC(C(F)(F)F)NC(=O)C1C(=O)NC1c2ccc(Cl)cc2Oc2cc(Cl)ccc21. The Kier molecular flexibility index (Phi) is 6.51. The molecule has 0 bridgehead atoms. The second-order valence-electron chi connectivity index (χ2n) is 8.27. The molecule has 2 amide bonds. The second-order valence-corrected chi connectivity index (χ2v) is 9.15. The first-order valence-corrected chi connectivity index (χ1v) is 11.3. The summed E-state index contributed by atoms with van der Waals surface area (Å²) in [4.78, 5) is 26.0. The minimum atomic E-state index is -4.57. The van der Waals surface area contributed by atoms with Crippen LogP contribution >= 0.6 is 23.2 Å². The van der Waals surface area contributed by atoms with Crippen molar-refractivity contribution in [1.29, 1.82) is 0 Å². The van der Waals surface area contributed by atoms with E-state index >= 15 is 0 Å². The molecule has 5 nitrogen and oxygen atoms in total. The predicted molar refractivity (Wildman–Crippen MR) is 117 cm³/mol. The lowest BCUT2D eigenvalue weighted by Crippen LogP contribution is -2.58. The van der Waals surface area contributed by atoms with Crippen molar-refractivity contribution in [2.75, 3.05) is 0 Å². The Balaban J connectivity index is 1.66. The number of amides is 2. The monoisotopic (exact) mass is 500 g/mol. The zero-order valence-corrected chi connectivity index (χ0v) is 19.0. The summed E-state index contributed by atoms with van der Waals surface area (Å²) in [5.41, 5.74) is 1.22. The van der Waals surface area contributed by atoms with E-state index in [0.29, 0.717) is 45.5 Å². The average molecular weight is 501 g/mol. The molecule has 33 heavy (non-hydrogen) atoms. The van der Waals surface area contributed by atoms with Crippen LogP contribution in [0.5, 0.6) is 11.5 Å². The summed E-state index contributed by atoms with van der Waals surface area (Å²) in [7, 11) is 0. The lowest BCUT2D eigenvalue weighted by molar-refractivity contribution is -0.176. The molecule has 1 saturated heterocycles. The average Bonchev–Trinajstić information content (AvgIpc) is 2.72. The molecule has 2 aromatic carbocycles. The quantitative estimate of drug-likeness (QED) is 0.522. The number of halogens is 5. The van der Waals surface area contributed by atoms with Gasteiger partial charge in [-0.15, -0.1) is 0 Å². The Bertz CT molecular complexity index is 1040. The van der Waals surface area contributed by atoms with Gasteiger partial charge in [-0.3, -0.25) is 9.59 Å². The van der Waals surface area contributed by atoms with E-state index in [2.05, 4.69) is 5.32 Å². The molecule has 2 aliphatic rings. The number of piperidine rings is 1. The minimum Gasteiger partial charge on any atom is -0.456 e. The molecule has 2 heterocycles. The fourth-order valence-electron chi connectivity index (χ4n) is 4.52. The highest BCUT2D eigenvalue weighted by molar-refractivity contribution is 6.31. The van der Waals surface area contributed by atoms with Crippen molar-refractivity contribution in [3.05, 3.63) is 57.6 Å². The van der Waals surface area contributed by atoms with Crippen LogP contribution in [0.1, 0.15) is 43.4 Å². The smallest absolute Gasteiger partial charge is 0.408 e. The van der Waals surface area contributed by atoms with Gasteiger partial charge < -0.3 is 15.4 Å². The summed E-state index contributed by atoms with van der Waals surface area (Å²) < 4.78 is 45.7. The number of carbonyl (C=O) groups is 2. The van der Waals surface area contributed by atoms with Gasteiger partial charge in [0.1, 0.15) is 23.5 Å². The van der Waals surface area contributed by atoms with E-state index in [0.717, 1.165) is 0 Å². The van der Waals surface area contributed by atoms with Crippen molar-refractivity contribution in [2.45, 2.75) is 44.4 Å². The van der Waals surface area contributed by atoms with E-state index in [1.807, 2.05) is 12.2 Å². The standard InChI is InChI=1S/C23H21Cl2F3N2O3/c1-2-3-11-8-18(23(26,27)28)29-21(31)19(11)22(32)30-20-14-6-4-12(24)9-16(14)33-17-10-13(25)5-7-15(17)20/h4-7,9-11,18-20H,2-3,8H2,1H3,(H,29,31)(H,30,32). The third-order valence-corrected chi connectivity index (χ3v) is 6.50. The van der Waals surface area contributed by atoms with Crippen molar-refractivity contribution in [2.24, 2.45) is 11.8 Å². The Morgan fingerprint density at radius 3 is 2.21 bits per heavy atom. The van der Waals surface area contributed by atoms with Crippen LogP contribution in [-0.4, -0.2) is 24.0 Å². The van der Waals surface area contributed by atoms with Crippen LogP contribution in [0.3, 0.4) is 0 Å². The number of rotatable bonds is 4. The van der Waals surface area contributed by atoms with E-state index in [1.165, 1.54) is 0 Å². The van der Waals surface area contributed by atoms with Crippen LogP contribution in [0, 0.1) is 11.8 Å². The fourth-order valence-corrected chi connectivity index (χ4v) is 4.85. The predicted octanol–water partition coefficient (Wildman–Crippen LogP) is 5.79. The molecule has 2 aliphatic heterocycles.